The Balaban J connectivity index is 0.000000422. The number of hydrogen-bond acceptors (Lipinski definition) is 4. The number of imide groups is 1. The number of carbonyl (C=O) groups is 3. The van der Waals surface area contributed by atoms with Gasteiger partial charge in [-0.05, 0) is 37.1 Å². The van der Waals surface area contributed by atoms with Crippen molar-refractivity contribution < 1.29 is 19.5 Å². The SMILES string of the molecule is CC(=O)Nc1ccc(O)cc1.CCC(Br)(CC)C(=O)NC(N)=O. The first kappa shape index (κ1) is 20.9. The van der Waals surface area contributed by atoms with Gasteiger partial charge >= 0.3 is 6.03 Å². The highest BCUT2D eigenvalue weighted by Gasteiger charge is 2.32. The number of hydrogen-bond donors (Lipinski definition) is 4. The fraction of sp³-hybridized carbons (Fsp3) is 0.400. The molecule has 0 fully saturated rings. The van der Waals surface area contributed by atoms with Gasteiger partial charge < -0.3 is 16.2 Å². The van der Waals surface area contributed by atoms with Crippen LogP contribution in [0.25, 0.3) is 0 Å². The molecule has 128 valence electrons. The fourth-order valence-electron chi connectivity index (χ4n) is 1.54. The lowest BCUT2D eigenvalue weighted by atomic mass is 10.0. The molecule has 23 heavy (non-hydrogen) atoms. The van der Waals surface area contributed by atoms with E-state index in [0.29, 0.717) is 18.5 Å². The molecule has 0 unspecified atom stereocenters. The minimum absolute atomic E-state index is 0.115. The van der Waals surface area contributed by atoms with Crippen molar-refractivity contribution in [2.45, 2.75) is 37.9 Å². The summed E-state index contributed by atoms with van der Waals surface area (Å²) in [5, 5.41) is 13.5. The number of aromatic hydroxyl groups is 1. The van der Waals surface area contributed by atoms with E-state index in [1.165, 1.54) is 19.1 Å². The van der Waals surface area contributed by atoms with Crippen LogP contribution in [-0.2, 0) is 9.59 Å². The van der Waals surface area contributed by atoms with Crippen LogP contribution in [0.5, 0.6) is 5.75 Å². The van der Waals surface area contributed by atoms with Gasteiger partial charge in [-0.2, -0.15) is 0 Å². The molecule has 0 bridgehead atoms. The van der Waals surface area contributed by atoms with Gasteiger partial charge in [0.15, 0.2) is 0 Å². The highest BCUT2D eigenvalue weighted by atomic mass is 79.9. The van der Waals surface area contributed by atoms with Crippen LogP contribution in [0.1, 0.15) is 33.6 Å². The summed E-state index contributed by atoms with van der Waals surface area (Å²) in [7, 11) is 0. The predicted octanol–water partition coefficient (Wildman–Crippen LogP) is 2.49. The van der Waals surface area contributed by atoms with Crippen LogP contribution in [0, 0.1) is 0 Å². The van der Waals surface area contributed by atoms with Gasteiger partial charge in [-0.15, -0.1) is 0 Å². The highest BCUT2D eigenvalue weighted by molar-refractivity contribution is 9.10. The van der Waals surface area contributed by atoms with E-state index in [4.69, 9.17) is 10.8 Å². The molecule has 7 nitrogen and oxygen atoms in total. The number of nitrogens with two attached hydrogens (primary N) is 1. The molecule has 0 aromatic heterocycles. The Morgan fingerprint density at radius 1 is 1.17 bits per heavy atom. The van der Waals surface area contributed by atoms with Crippen molar-refractivity contribution in [2.24, 2.45) is 5.73 Å². The van der Waals surface area contributed by atoms with Gasteiger partial charge in [-0.1, -0.05) is 29.8 Å². The average molecular weight is 388 g/mol. The maximum absolute atomic E-state index is 11.3. The van der Waals surface area contributed by atoms with Crippen LogP contribution < -0.4 is 16.4 Å². The molecule has 0 heterocycles. The third-order valence-corrected chi connectivity index (χ3v) is 4.43. The Kier molecular flexibility index (Phi) is 8.94. The Hall–Kier alpha value is -2.09. The van der Waals surface area contributed by atoms with Gasteiger partial charge in [-0.3, -0.25) is 14.9 Å². The molecule has 0 aliphatic rings. The molecule has 0 radical (unpaired) electrons. The summed E-state index contributed by atoms with van der Waals surface area (Å²) in [6.07, 6.45) is 1.23. The highest BCUT2D eigenvalue weighted by Crippen LogP contribution is 2.26. The zero-order valence-electron chi connectivity index (χ0n) is 13.4. The number of amides is 4. The van der Waals surface area contributed by atoms with E-state index in [2.05, 4.69) is 21.2 Å². The van der Waals surface area contributed by atoms with Crippen LogP contribution in [0.2, 0.25) is 0 Å². The predicted molar refractivity (Wildman–Crippen MR) is 92.4 cm³/mol. The Morgan fingerprint density at radius 3 is 2.00 bits per heavy atom. The lowest BCUT2D eigenvalue weighted by Crippen LogP contribution is -2.46. The monoisotopic (exact) mass is 387 g/mol. The molecule has 4 amide bonds. The third-order valence-electron chi connectivity index (χ3n) is 2.95. The smallest absolute Gasteiger partial charge is 0.318 e. The third kappa shape index (κ3) is 8.20. The normalized spacial score (nSPS) is 10.1. The number of anilines is 1. The van der Waals surface area contributed by atoms with Crippen LogP contribution >= 0.6 is 15.9 Å². The quantitative estimate of drug-likeness (QED) is 0.468. The molecule has 0 saturated carbocycles. The molecule has 0 aliphatic carbocycles. The molecule has 0 atom stereocenters. The number of primary amides is 1. The topological polar surface area (TPSA) is 122 Å². The summed E-state index contributed by atoms with van der Waals surface area (Å²) < 4.78 is -0.665. The van der Waals surface area contributed by atoms with Crippen molar-refractivity contribution in [3.8, 4) is 5.75 Å². The molecule has 1 rings (SSSR count). The second kappa shape index (κ2) is 9.83. The molecule has 1 aromatic carbocycles. The van der Waals surface area contributed by atoms with Crippen molar-refractivity contribution in [1.29, 1.82) is 0 Å². The van der Waals surface area contributed by atoms with Gasteiger partial charge in [0.05, 0.1) is 0 Å². The zero-order valence-corrected chi connectivity index (χ0v) is 14.9. The molecule has 0 spiro atoms. The summed E-state index contributed by atoms with van der Waals surface area (Å²) in [5.74, 6) is -0.296. The van der Waals surface area contributed by atoms with E-state index in [1.54, 1.807) is 12.1 Å². The summed E-state index contributed by atoms with van der Waals surface area (Å²) in [6.45, 7) is 5.16. The molecular weight excluding hydrogens is 366 g/mol. The van der Waals surface area contributed by atoms with E-state index in [9.17, 15) is 14.4 Å². The number of rotatable bonds is 4. The molecule has 8 heteroatoms. The molecule has 0 aliphatic heterocycles. The van der Waals surface area contributed by atoms with Gasteiger partial charge in [0.2, 0.25) is 11.8 Å². The van der Waals surface area contributed by atoms with E-state index in [0.717, 1.165) is 0 Å². The molecular formula is C15H22BrN3O4. The Bertz CT molecular complexity index is 542. The number of nitrogens with one attached hydrogen (secondary N) is 2. The van der Waals surface area contributed by atoms with Gasteiger partial charge in [-0.25, -0.2) is 4.79 Å². The fourth-order valence-corrected chi connectivity index (χ4v) is 1.64. The summed E-state index contributed by atoms with van der Waals surface area (Å²) in [6, 6.07) is 5.50. The number of alkyl halides is 1. The van der Waals surface area contributed by atoms with E-state index >= 15 is 0 Å². The van der Waals surface area contributed by atoms with Crippen LogP contribution in [-0.4, -0.2) is 27.3 Å². The van der Waals surface area contributed by atoms with Crippen LogP contribution in [0.15, 0.2) is 24.3 Å². The number of benzene rings is 1. The van der Waals surface area contributed by atoms with Crippen molar-refractivity contribution in [1.82, 2.24) is 5.32 Å². The van der Waals surface area contributed by atoms with Crippen molar-refractivity contribution in [2.75, 3.05) is 5.32 Å². The number of phenols is 1. The second-order valence-electron chi connectivity index (χ2n) is 4.72. The van der Waals surface area contributed by atoms with Gasteiger partial charge in [0.25, 0.3) is 0 Å². The first-order valence-electron chi connectivity index (χ1n) is 7.01. The maximum Gasteiger partial charge on any atom is 0.318 e. The second-order valence-corrected chi connectivity index (χ2v) is 6.24. The van der Waals surface area contributed by atoms with E-state index < -0.39 is 10.4 Å². The lowest BCUT2D eigenvalue weighted by molar-refractivity contribution is -0.122. The van der Waals surface area contributed by atoms with Crippen molar-refractivity contribution in [3.05, 3.63) is 24.3 Å². The first-order valence-corrected chi connectivity index (χ1v) is 7.80. The summed E-state index contributed by atoms with van der Waals surface area (Å²) >= 11 is 3.26. The first-order chi connectivity index (χ1) is 10.6. The largest absolute Gasteiger partial charge is 0.508 e. The molecule has 0 saturated heterocycles. The standard InChI is InChI=1S/C8H9NO2.C7H13BrN2O2/c1-6(10)9-7-2-4-8(11)5-3-7;1-3-7(8,4-2)5(11)10-6(9)12/h2-5,11H,1H3,(H,9,10);3-4H2,1-2H3,(H3,9,10,11,12). The number of phenolic OH excluding ortho intramolecular Hbond substituents is 1. The Morgan fingerprint density at radius 2 is 1.65 bits per heavy atom. The number of halogens is 1. The van der Waals surface area contributed by atoms with Crippen LogP contribution in [0.3, 0.4) is 0 Å². The van der Waals surface area contributed by atoms with E-state index in [1.807, 2.05) is 19.2 Å². The minimum Gasteiger partial charge on any atom is -0.508 e. The summed E-state index contributed by atoms with van der Waals surface area (Å²) in [5.41, 5.74) is 5.50. The number of urea groups is 1. The zero-order chi connectivity index (χ0) is 18.0. The Labute approximate surface area is 143 Å². The van der Waals surface area contributed by atoms with Crippen molar-refractivity contribution in [3.63, 3.8) is 0 Å². The van der Waals surface area contributed by atoms with Crippen molar-refractivity contribution >= 4 is 39.5 Å². The van der Waals surface area contributed by atoms with Gasteiger partial charge in [0, 0.05) is 12.6 Å². The van der Waals surface area contributed by atoms with Gasteiger partial charge in [0.1, 0.15) is 10.1 Å². The van der Waals surface area contributed by atoms with Crippen LogP contribution in [0.4, 0.5) is 10.5 Å². The molecule has 1 aromatic rings. The van der Waals surface area contributed by atoms with E-state index in [-0.39, 0.29) is 17.6 Å². The maximum atomic E-state index is 11.3. The summed E-state index contributed by atoms with van der Waals surface area (Å²) in [4.78, 5) is 32.2. The minimum atomic E-state index is -0.814. The average Bonchev–Trinajstić information content (AvgIpc) is 2.48. The number of carbonyl (C=O) groups excluding carboxylic acids is 3. The molecule has 5 N–H and O–H groups in total. The lowest BCUT2D eigenvalue weighted by Gasteiger charge is -2.21.